The lowest BCUT2D eigenvalue weighted by Gasteiger charge is -2.20. The summed E-state index contributed by atoms with van der Waals surface area (Å²) in [6.45, 7) is 2.43. The van der Waals surface area contributed by atoms with E-state index in [9.17, 15) is 13.2 Å². The normalized spacial score (nSPS) is 12.4. The monoisotopic (exact) mass is 343 g/mol. The molecule has 2 rings (SSSR count). The van der Waals surface area contributed by atoms with Crippen molar-refractivity contribution in [3.05, 3.63) is 69.4 Å². The molecule has 1 atom stereocenters. The van der Waals surface area contributed by atoms with Crippen molar-refractivity contribution in [1.29, 1.82) is 0 Å². The van der Waals surface area contributed by atoms with Gasteiger partial charge in [0.2, 0.25) is 0 Å². The van der Waals surface area contributed by atoms with Crippen LogP contribution >= 0.6 is 15.9 Å². The Balaban J connectivity index is 2.48. The van der Waals surface area contributed by atoms with Gasteiger partial charge in [-0.1, -0.05) is 19.1 Å². The lowest BCUT2D eigenvalue weighted by molar-refractivity contribution is 0.541. The van der Waals surface area contributed by atoms with Crippen LogP contribution in [0.5, 0.6) is 0 Å². The number of halogens is 4. The second-order valence-corrected chi connectivity index (χ2v) is 5.18. The van der Waals surface area contributed by atoms with E-state index < -0.39 is 17.7 Å². The molecule has 1 nitrogen and oxygen atoms in total. The largest absolute Gasteiger partial charge is 0.306 e. The lowest BCUT2D eigenvalue weighted by atomic mass is 9.98. The van der Waals surface area contributed by atoms with E-state index in [0.29, 0.717) is 12.1 Å². The summed E-state index contributed by atoms with van der Waals surface area (Å²) in [5.41, 5.74) is 0.869. The molecule has 0 aliphatic heterocycles. The van der Waals surface area contributed by atoms with Crippen molar-refractivity contribution in [3.63, 3.8) is 0 Å². The molecular weight excluding hydrogens is 331 g/mol. The van der Waals surface area contributed by atoms with Gasteiger partial charge < -0.3 is 5.32 Å². The van der Waals surface area contributed by atoms with Gasteiger partial charge in [-0.15, -0.1) is 0 Å². The summed E-state index contributed by atoms with van der Waals surface area (Å²) in [7, 11) is 0. The van der Waals surface area contributed by atoms with Gasteiger partial charge in [-0.25, -0.2) is 13.2 Å². The molecule has 0 fully saturated rings. The molecule has 20 heavy (non-hydrogen) atoms. The maximum Gasteiger partial charge on any atom is 0.137 e. The predicted molar refractivity (Wildman–Crippen MR) is 76.0 cm³/mol. The summed E-state index contributed by atoms with van der Waals surface area (Å²) in [6, 6.07) is 7.43. The second-order valence-electron chi connectivity index (χ2n) is 4.33. The van der Waals surface area contributed by atoms with Gasteiger partial charge in [-0.2, -0.15) is 0 Å². The Bertz CT molecular complexity index is 599. The number of rotatable bonds is 4. The maximum absolute atomic E-state index is 14.1. The summed E-state index contributed by atoms with van der Waals surface area (Å²) in [5.74, 6) is -1.42. The van der Waals surface area contributed by atoms with Crippen molar-refractivity contribution >= 4 is 15.9 Å². The van der Waals surface area contributed by atoms with E-state index in [-0.39, 0.29) is 15.9 Å². The molecule has 0 spiro atoms. The van der Waals surface area contributed by atoms with Crippen molar-refractivity contribution < 1.29 is 13.2 Å². The van der Waals surface area contributed by atoms with E-state index in [4.69, 9.17) is 0 Å². The highest BCUT2D eigenvalue weighted by Crippen LogP contribution is 2.28. The van der Waals surface area contributed by atoms with Crippen LogP contribution in [0.25, 0.3) is 0 Å². The Kier molecular flexibility index (Phi) is 4.83. The fraction of sp³-hybridized carbons (Fsp3) is 0.200. The Hall–Kier alpha value is -1.33. The van der Waals surface area contributed by atoms with E-state index in [1.807, 2.05) is 6.92 Å². The summed E-state index contributed by atoms with van der Waals surface area (Å²) in [5, 5.41) is 3.08. The first-order chi connectivity index (χ1) is 9.52. The third-order valence-corrected chi connectivity index (χ3v) is 3.57. The van der Waals surface area contributed by atoms with Crippen molar-refractivity contribution in [2.75, 3.05) is 6.54 Å². The SMILES string of the molecule is CCNC(c1ccc(F)cc1)c1cc(F)c(Br)cc1F. The lowest BCUT2D eigenvalue weighted by Crippen LogP contribution is -2.23. The molecule has 0 bridgehead atoms. The van der Waals surface area contributed by atoms with Gasteiger partial charge in [0, 0.05) is 5.56 Å². The molecule has 5 heteroatoms. The molecule has 0 heterocycles. The molecule has 0 aliphatic carbocycles. The highest BCUT2D eigenvalue weighted by molar-refractivity contribution is 9.10. The first kappa shape index (κ1) is 15.1. The number of benzene rings is 2. The highest BCUT2D eigenvalue weighted by Gasteiger charge is 2.19. The van der Waals surface area contributed by atoms with Crippen molar-refractivity contribution in [2.24, 2.45) is 0 Å². The predicted octanol–water partition coefficient (Wildman–Crippen LogP) is 4.57. The molecule has 0 radical (unpaired) electrons. The van der Waals surface area contributed by atoms with Crippen LogP contribution < -0.4 is 5.32 Å². The first-order valence-corrected chi connectivity index (χ1v) is 6.95. The molecule has 0 aliphatic rings. The summed E-state index contributed by atoms with van der Waals surface area (Å²) in [4.78, 5) is 0. The third kappa shape index (κ3) is 3.22. The summed E-state index contributed by atoms with van der Waals surface area (Å²) >= 11 is 2.95. The van der Waals surface area contributed by atoms with E-state index in [1.165, 1.54) is 12.1 Å². The molecule has 0 amide bonds. The van der Waals surface area contributed by atoms with Crippen LogP contribution in [-0.4, -0.2) is 6.54 Å². The molecular formula is C15H13BrF3N. The number of hydrogen-bond donors (Lipinski definition) is 1. The zero-order valence-electron chi connectivity index (χ0n) is 10.8. The molecule has 0 saturated carbocycles. The Labute approximate surface area is 123 Å². The fourth-order valence-electron chi connectivity index (χ4n) is 2.03. The Morgan fingerprint density at radius 1 is 1.05 bits per heavy atom. The molecule has 0 saturated heterocycles. The first-order valence-electron chi connectivity index (χ1n) is 6.16. The van der Waals surface area contributed by atoms with Gasteiger partial charge in [-0.05, 0) is 52.3 Å². The van der Waals surface area contributed by atoms with Crippen LogP contribution in [-0.2, 0) is 0 Å². The van der Waals surface area contributed by atoms with E-state index in [1.54, 1.807) is 12.1 Å². The highest BCUT2D eigenvalue weighted by atomic mass is 79.9. The average Bonchev–Trinajstić information content (AvgIpc) is 2.42. The number of nitrogens with one attached hydrogen (secondary N) is 1. The van der Waals surface area contributed by atoms with Crippen LogP contribution in [0.15, 0.2) is 40.9 Å². The van der Waals surface area contributed by atoms with Crippen LogP contribution in [0, 0.1) is 17.5 Å². The zero-order valence-corrected chi connectivity index (χ0v) is 12.3. The maximum atomic E-state index is 14.1. The minimum atomic E-state index is -0.536. The fourth-order valence-corrected chi connectivity index (χ4v) is 2.34. The van der Waals surface area contributed by atoms with Crippen molar-refractivity contribution in [2.45, 2.75) is 13.0 Å². The van der Waals surface area contributed by atoms with Gasteiger partial charge in [0.25, 0.3) is 0 Å². The van der Waals surface area contributed by atoms with E-state index in [2.05, 4.69) is 21.2 Å². The van der Waals surface area contributed by atoms with E-state index in [0.717, 1.165) is 12.1 Å². The van der Waals surface area contributed by atoms with E-state index >= 15 is 0 Å². The Morgan fingerprint density at radius 3 is 2.30 bits per heavy atom. The molecule has 2 aromatic carbocycles. The molecule has 1 N–H and O–H groups in total. The quantitative estimate of drug-likeness (QED) is 0.802. The summed E-state index contributed by atoms with van der Waals surface area (Å²) < 4.78 is 40.7. The average molecular weight is 344 g/mol. The topological polar surface area (TPSA) is 12.0 Å². The van der Waals surface area contributed by atoms with Gasteiger partial charge in [0.1, 0.15) is 17.5 Å². The van der Waals surface area contributed by atoms with Crippen LogP contribution in [0.4, 0.5) is 13.2 Å². The molecule has 106 valence electrons. The molecule has 1 unspecified atom stereocenters. The minimum Gasteiger partial charge on any atom is -0.306 e. The van der Waals surface area contributed by atoms with Crippen molar-refractivity contribution in [3.8, 4) is 0 Å². The van der Waals surface area contributed by atoms with Gasteiger partial charge in [0.05, 0.1) is 10.5 Å². The molecule has 2 aromatic rings. The van der Waals surface area contributed by atoms with Gasteiger partial charge >= 0.3 is 0 Å². The van der Waals surface area contributed by atoms with Crippen molar-refractivity contribution in [1.82, 2.24) is 5.32 Å². The Morgan fingerprint density at radius 2 is 1.70 bits per heavy atom. The number of hydrogen-bond acceptors (Lipinski definition) is 1. The minimum absolute atomic E-state index is 0.0769. The summed E-state index contributed by atoms with van der Waals surface area (Å²) in [6.07, 6.45) is 0. The standard InChI is InChI=1S/C15H13BrF3N/c1-2-20-15(9-3-5-10(17)6-4-9)11-7-14(19)12(16)8-13(11)18/h3-8,15,20H,2H2,1H3. The van der Waals surface area contributed by atoms with Gasteiger partial charge in [0.15, 0.2) is 0 Å². The van der Waals surface area contributed by atoms with Crippen LogP contribution in [0.3, 0.4) is 0 Å². The zero-order chi connectivity index (χ0) is 14.7. The smallest absolute Gasteiger partial charge is 0.137 e. The second kappa shape index (κ2) is 6.41. The van der Waals surface area contributed by atoms with Gasteiger partial charge in [-0.3, -0.25) is 0 Å². The molecule has 0 aromatic heterocycles. The third-order valence-electron chi connectivity index (χ3n) is 2.96. The van der Waals surface area contributed by atoms with Crippen LogP contribution in [0.1, 0.15) is 24.1 Å². The van der Waals surface area contributed by atoms with Crippen LogP contribution in [0.2, 0.25) is 0 Å².